The van der Waals surface area contributed by atoms with E-state index in [0.717, 1.165) is 17.7 Å². The van der Waals surface area contributed by atoms with Gasteiger partial charge < -0.3 is 5.32 Å². The number of halogens is 1. The summed E-state index contributed by atoms with van der Waals surface area (Å²) < 4.78 is 39.6. The molecule has 0 amide bonds. The second-order valence-electron chi connectivity index (χ2n) is 5.07. The Hall–Kier alpha value is -3.07. The summed E-state index contributed by atoms with van der Waals surface area (Å²) in [5, 5.41) is 10.8. The second kappa shape index (κ2) is 7.22. The Morgan fingerprint density at radius 1 is 0.880 bits per heavy atom. The fourth-order valence-electron chi connectivity index (χ4n) is 1.98. The molecule has 0 saturated heterocycles. The number of pyridine rings is 1. The Labute approximate surface area is 144 Å². The number of benzene rings is 1. The SMILES string of the molecule is O=S(=O)(Nc1ccc(NCc2ccncc2)nn1)c1ccc(F)cc1. The molecule has 2 N–H and O–H groups in total. The maximum atomic E-state index is 12.9. The van der Waals surface area contributed by atoms with E-state index < -0.39 is 15.8 Å². The molecule has 0 aliphatic carbocycles. The lowest BCUT2D eigenvalue weighted by Crippen LogP contribution is -2.14. The van der Waals surface area contributed by atoms with Crippen LogP contribution in [0.2, 0.25) is 0 Å². The van der Waals surface area contributed by atoms with Crippen molar-refractivity contribution in [3.63, 3.8) is 0 Å². The quantitative estimate of drug-likeness (QED) is 0.702. The van der Waals surface area contributed by atoms with Crippen molar-refractivity contribution in [3.05, 3.63) is 72.3 Å². The van der Waals surface area contributed by atoms with Crippen molar-refractivity contribution in [1.29, 1.82) is 0 Å². The zero-order chi connectivity index (χ0) is 17.7. The predicted octanol–water partition coefficient (Wildman–Crippen LogP) is 2.42. The number of anilines is 2. The molecule has 3 rings (SSSR count). The Kier molecular flexibility index (Phi) is 4.85. The number of nitrogens with zero attached hydrogens (tertiary/aromatic N) is 3. The minimum Gasteiger partial charge on any atom is -0.365 e. The summed E-state index contributed by atoms with van der Waals surface area (Å²) in [5.41, 5.74) is 1.03. The molecule has 0 aliphatic heterocycles. The molecule has 0 bridgehead atoms. The number of rotatable bonds is 6. The van der Waals surface area contributed by atoms with E-state index in [0.29, 0.717) is 12.4 Å². The van der Waals surface area contributed by atoms with Crippen LogP contribution in [0.1, 0.15) is 5.56 Å². The minimum atomic E-state index is -3.84. The highest BCUT2D eigenvalue weighted by Crippen LogP contribution is 2.15. The minimum absolute atomic E-state index is 0.0596. The van der Waals surface area contributed by atoms with Crippen LogP contribution in [0.3, 0.4) is 0 Å². The molecule has 3 aromatic rings. The number of nitrogens with one attached hydrogen (secondary N) is 2. The van der Waals surface area contributed by atoms with E-state index in [1.165, 1.54) is 18.2 Å². The molecule has 0 atom stereocenters. The van der Waals surface area contributed by atoms with Gasteiger partial charge in [0.1, 0.15) is 11.6 Å². The molecular weight excluding hydrogens is 345 g/mol. The van der Waals surface area contributed by atoms with Crippen LogP contribution in [0.5, 0.6) is 0 Å². The van der Waals surface area contributed by atoms with E-state index in [-0.39, 0.29) is 10.7 Å². The first kappa shape index (κ1) is 16.8. The van der Waals surface area contributed by atoms with Crippen LogP contribution in [0.4, 0.5) is 16.0 Å². The highest BCUT2D eigenvalue weighted by atomic mass is 32.2. The molecule has 2 aromatic heterocycles. The van der Waals surface area contributed by atoms with Crippen molar-refractivity contribution >= 4 is 21.7 Å². The molecule has 0 fully saturated rings. The second-order valence-corrected chi connectivity index (χ2v) is 6.75. The summed E-state index contributed by atoms with van der Waals surface area (Å²) in [4.78, 5) is 3.87. The first-order valence-electron chi connectivity index (χ1n) is 7.28. The zero-order valence-corrected chi connectivity index (χ0v) is 13.7. The van der Waals surface area contributed by atoms with Gasteiger partial charge in [-0.15, -0.1) is 10.2 Å². The van der Waals surface area contributed by atoms with Crippen LogP contribution in [0.25, 0.3) is 0 Å². The van der Waals surface area contributed by atoms with Gasteiger partial charge in [-0.25, -0.2) is 12.8 Å². The highest BCUT2D eigenvalue weighted by Gasteiger charge is 2.15. The fourth-order valence-corrected chi connectivity index (χ4v) is 2.98. The Bertz CT molecular complexity index is 933. The Balaban J connectivity index is 1.65. The van der Waals surface area contributed by atoms with Crippen LogP contribution < -0.4 is 10.0 Å². The standard InChI is InChI=1S/C16H14FN5O2S/c17-13-1-3-14(4-2-13)25(23,24)22-16-6-5-15(20-21-16)19-11-12-7-9-18-10-8-12/h1-10H,11H2,(H,19,20)(H,21,22). The first-order valence-corrected chi connectivity index (χ1v) is 8.76. The smallest absolute Gasteiger partial charge is 0.263 e. The molecule has 0 spiro atoms. The zero-order valence-electron chi connectivity index (χ0n) is 12.9. The molecule has 9 heteroatoms. The molecule has 0 saturated carbocycles. The van der Waals surface area contributed by atoms with Gasteiger partial charge in [0, 0.05) is 18.9 Å². The topological polar surface area (TPSA) is 96.9 Å². The van der Waals surface area contributed by atoms with Gasteiger partial charge in [0.15, 0.2) is 5.82 Å². The van der Waals surface area contributed by atoms with Gasteiger partial charge >= 0.3 is 0 Å². The van der Waals surface area contributed by atoms with Gasteiger partial charge in [-0.2, -0.15) is 0 Å². The van der Waals surface area contributed by atoms with Crippen LogP contribution in [-0.4, -0.2) is 23.6 Å². The summed E-state index contributed by atoms with van der Waals surface area (Å²) in [7, 11) is -3.84. The van der Waals surface area contributed by atoms with Gasteiger partial charge in [0.05, 0.1) is 4.90 Å². The molecule has 128 valence electrons. The van der Waals surface area contributed by atoms with Crippen LogP contribution in [-0.2, 0) is 16.6 Å². The lowest BCUT2D eigenvalue weighted by molar-refractivity contribution is 0.599. The van der Waals surface area contributed by atoms with Crippen LogP contribution in [0, 0.1) is 5.82 Å². The average molecular weight is 359 g/mol. The van der Waals surface area contributed by atoms with E-state index in [1.54, 1.807) is 18.5 Å². The number of aromatic nitrogens is 3. The maximum Gasteiger partial charge on any atom is 0.263 e. The van der Waals surface area contributed by atoms with E-state index in [2.05, 4.69) is 25.2 Å². The predicted molar refractivity (Wildman–Crippen MR) is 90.8 cm³/mol. The van der Waals surface area contributed by atoms with Gasteiger partial charge in [0.25, 0.3) is 10.0 Å². The normalized spacial score (nSPS) is 11.1. The fraction of sp³-hybridized carbons (Fsp3) is 0.0625. The van der Waals surface area contributed by atoms with Crippen molar-refractivity contribution in [2.75, 3.05) is 10.0 Å². The maximum absolute atomic E-state index is 12.9. The van der Waals surface area contributed by atoms with E-state index >= 15 is 0 Å². The summed E-state index contributed by atoms with van der Waals surface area (Å²) in [5.74, 6) is 0.0590. The molecule has 2 heterocycles. The van der Waals surface area contributed by atoms with Gasteiger partial charge in [0.2, 0.25) is 0 Å². The number of sulfonamides is 1. The van der Waals surface area contributed by atoms with Crippen LogP contribution >= 0.6 is 0 Å². The largest absolute Gasteiger partial charge is 0.365 e. The molecule has 0 aliphatic rings. The van der Waals surface area contributed by atoms with E-state index in [9.17, 15) is 12.8 Å². The third kappa shape index (κ3) is 4.48. The third-order valence-electron chi connectivity index (χ3n) is 3.25. The molecule has 0 radical (unpaired) electrons. The summed E-state index contributed by atoms with van der Waals surface area (Å²) in [6, 6.07) is 11.3. The Morgan fingerprint density at radius 3 is 2.16 bits per heavy atom. The number of hydrogen-bond acceptors (Lipinski definition) is 6. The van der Waals surface area contributed by atoms with Crippen molar-refractivity contribution in [2.24, 2.45) is 0 Å². The number of hydrogen-bond donors (Lipinski definition) is 2. The molecule has 1 aromatic carbocycles. The average Bonchev–Trinajstić information content (AvgIpc) is 2.62. The van der Waals surface area contributed by atoms with Gasteiger partial charge in [-0.05, 0) is 54.1 Å². The molecule has 25 heavy (non-hydrogen) atoms. The van der Waals surface area contributed by atoms with Crippen LogP contribution in [0.15, 0.2) is 65.8 Å². The molecule has 0 unspecified atom stereocenters. The lowest BCUT2D eigenvalue weighted by atomic mass is 10.3. The first-order chi connectivity index (χ1) is 12.0. The monoisotopic (exact) mass is 359 g/mol. The van der Waals surface area contributed by atoms with Crippen molar-refractivity contribution < 1.29 is 12.8 Å². The van der Waals surface area contributed by atoms with Crippen molar-refractivity contribution in [2.45, 2.75) is 11.4 Å². The van der Waals surface area contributed by atoms with E-state index in [4.69, 9.17) is 0 Å². The summed E-state index contributed by atoms with van der Waals surface area (Å²) >= 11 is 0. The Morgan fingerprint density at radius 2 is 1.52 bits per heavy atom. The van der Waals surface area contributed by atoms with Crippen molar-refractivity contribution in [1.82, 2.24) is 15.2 Å². The highest BCUT2D eigenvalue weighted by molar-refractivity contribution is 7.92. The van der Waals surface area contributed by atoms with Gasteiger partial charge in [-0.1, -0.05) is 0 Å². The third-order valence-corrected chi connectivity index (χ3v) is 4.62. The summed E-state index contributed by atoms with van der Waals surface area (Å²) in [6.07, 6.45) is 3.38. The molecule has 7 nitrogen and oxygen atoms in total. The lowest BCUT2D eigenvalue weighted by Gasteiger charge is -2.08. The summed E-state index contributed by atoms with van der Waals surface area (Å²) in [6.45, 7) is 0.540. The van der Waals surface area contributed by atoms with E-state index in [1.807, 2.05) is 12.1 Å². The van der Waals surface area contributed by atoms with Gasteiger partial charge in [-0.3, -0.25) is 9.71 Å². The van der Waals surface area contributed by atoms with Crippen molar-refractivity contribution in [3.8, 4) is 0 Å². The molecular formula is C16H14FN5O2S.